The highest BCUT2D eigenvalue weighted by Crippen LogP contribution is 2.54. The van der Waals surface area contributed by atoms with Gasteiger partial charge in [-0.2, -0.15) is 0 Å². The molecular weight excluding hydrogens is 755 g/mol. The molecule has 0 amide bonds. The predicted molar refractivity (Wildman–Crippen MR) is 274 cm³/mol. The number of hydrogen-bond donors (Lipinski definition) is 0. The minimum atomic E-state index is -0.0895. The summed E-state index contributed by atoms with van der Waals surface area (Å²) >= 11 is 1.89. The Labute approximate surface area is 371 Å². The second-order valence-corrected chi connectivity index (χ2v) is 17.9. The zero-order valence-electron chi connectivity index (χ0n) is 38.5. The molecule has 1 nitrogen and oxygen atoms in total. The zero-order valence-corrected chi connectivity index (χ0v) is 39.4. The van der Waals surface area contributed by atoms with Crippen LogP contribution in [0.4, 0.5) is 11.4 Å². The summed E-state index contributed by atoms with van der Waals surface area (Å²) in [5.41, 5.74) is 19.4. The molecule has 61 heavy (non-hydrogen) atoms. The van der Waals surface area contributed by atoms with Crippen molar-refractivity contribution in [3.05, 3.63) is 202 Å². The molecule has 312 valence electrons. The lowest BCUT2D eigenvalue weighted by Gasteiger charge is -2.28. The third-order valence-electron chi connectivity index (χ3n) is 12.8. The van der Waals surface area contributed by atoms with Crippen molar-refractivity contribution in [2.45, 2.75) is 93.4 Å². The first-order chi connectivity index (χ1) is 29.4. The highest BCUT2D eigenvalue weighted by molar-refractivity contribution is 7.20. The Bertz CT molecular complexity index is 2680. The van der Waals surface area contributed by atoms with E-state index in [-0.39, 0.29) is 10.8 Å². The van der Waals surface area contributed by atoms with Gasteiger partial charge in [0.25, 0.3) is 0 Å². The van der Waals surface area contributed by atoms with Crippen molar-refractivity contribution in [3.8, 4) is 11.1 Å². The van der Waals surface area contributed by atoms with E-state index in [0.29, 0.717) is 0 Å². The molecule has 0 N–H and O–H groups in total. The van der Waals surface area contributed by atoms with Gasteiger partial charge in [-0.15, -0.1) is 17.9 Å². The van der Waals surface area contributed by atoms with Gasteiger partial charge in [-0.05, 0) is 126 Å². The normalized spacial score (nSPS) is 14.7. The number of hydrogen-bond acceptors (Lipinski definition) is 2. The molecule has 5 aromatic carbocycles. The van der Waals surface area contributed by atoms with Gasteiger partial charge in [-0.1, -0.05) is 176 Å². The van der Waals surface area contributed by atoms with Crippen molar-refractivity contribution in [3.63, 3.8) is 0 Å². The summed E-state index contributed by atoms with van der Waals surface area (Å²) in [5.74, 6) is 0. The van der Waals surface area contributed by atoms with E-state index in [0.717, 1.165) is 13.0 Å². The van der Waals surface area contributed by atoms with E-state index in [2.05, 4.69) is 220 Å². The van der Waals surface area contributed by atoms with E-state index in [1.165, 1.54) is 98.7 Å². The summed E-state index contributed by atoms with van der Waals surface area (Å²) in [7, 11) is 0. The minimum Gasteiger partial charge on any atom is -0.338 e. The number of nitrogens with zero attached hydrogens (tertiary/aromatic N) is 1. The fourth-order valence-electron chi connectivity index (χ4n) is 8.87. The summed E-state index contributed by atoms with van der Waals surface area (Å²) in [5, 5.41) is 1.28. The van der Waals surface area contributed by atoms with Gasteiger partial charge in [0.05, 0.1) is 0 Å². The molecule has 0 spiro atoms. The van der Waals surface area contributed by atoms with Crippen molar-refractivity contribution in [2.24, 2.45) is 0 Å². The van der Waals surface area contributed by atoms with Crippen LogP contribution in [0.2, 0.25) is 0 Å². The number of anilines is 2. The van der Waals surface area contributed by atoms with E-state index in [1.54, 1.807) is 0 Å². The topological polar surface area (TPSA) is 3.24 Å². The third-order valence-corrected chi connectivity index (χ3v) is 14.0. The van der Waals surface area contributed by atoms with Gasteiger partial charge in [0, 0.05) is 49.3 Å². The fourth-order valence-corrected chi connectivity index (χ4v) is 10.2. The second-order valence-electron chi connectivity index (χ2n) is 16.8. The third kappa shape index (κ3) is 8.36. The molecule has 0 fully saturated rings. The standard InChI is InChI=1S/C53H51NS.C4H8.C2H6/c1-10-34(4)37-23-25-38(26-24-37)36(11-2)18-17-31-54(40-27-29-43-42-19-13-15-21-46(42)53(8,9)48(43)33-40)39-28-30-47-45(32-39)50(35(5)52(47,6)7)51-41(12-3)44-20-14-16-22-49(44)55-51;1-3-4-2;1-2/h10-30,32-33H,3,31H2,1-2,4-9H3;3H,1,4H2,2H3;1-2H3/b18-17-,34-10+,36-11+;;. The number of allylic oxidation sites excluding steroid dienone is 7. The lowest BCUT2D eigenvalue weighted by molar-refractivity contribution is 0.639. The number of rotatable bonds is 10. The van der Waals surface area contributed by atoms with Crippen LogP contribution in [0.5, 0.6) is 0 Å². The fraction of sp³-hybridized carbons (Fsp3) is 0.254. The number of benzene rings is 5. The van der Waals surface area contributed by atoms with Gasteiger partial charge < -0.3 is 4.90 Å². The smallest absolute Gasteiger partial charge is 0.0433 e. The van der Waals surface area contributed by atoms with Gasteiger partial charge in [-0.25, -0.2) is 0 Å². The molecule has 0 aliphatic heterocycles. The largest absolute Gasteiger partial charge is 0.338 e. The van der Waals surface area contributed by atoms with E-state index in [1.807, 2.05) is 31.3 Å². The summed E-state index contributed by atoms with van der Waals surface area (Å²) in [6, 6.07) is 40.9. The SMILES string of the molecule is C=CCC.C=Cc1c(C2=C(C)C(C)(C)c3ccc(N(C/C=C\C(=C/C)c4ccc(/C(C)=C/C)cc4)c4ccc5c(c4)C(C)(C)c4ccccc4-5)cc32)sc2ccccc12.CC. The van der Waals surface area contributed by atoms with Crippen LogP contribution in [0.25, 0.3) is 44.0 Å². The lowest BCUT2D eigenvalue weighted by Crippen LogP contribution is -2.20. The average molecular weight is 820 g/mol. The molecule has 0 saturated heterocycles. The van der Waals surface area contributed by atoms with E-state index < -0.39 is 0 Å². The average Bonchev–Trinajstić information content (AvgIpc) is 3.84. The first-order valence-corrected chi connectivity index (χ1v) is 22.9. The molecule has 0 radical (unpaired) electrons. The summed E-state index contributed by atoms with van der Waals surface area (Å²) < 4.78 is 1.30. The maximum absolute atomic E-state index is 4.30. The van der Waals surface area contributed by atoms with Crippen LogP contribution in [-0.4, -0.2) is 6.54 Å². The van der Waals surface area contributed by atoms with Crippen LogP contribution in [0.1, 0.15) is 126 Å². The highest BCUT2D eigenvalue weighted by Gasteiger charge is 2.38. The molecule has 2 heteroatoms. The van der Waals surface area contributed by atoms with E-state index in [4.69, 9.17) is 0 Å². The van der Waals surface area contributed by atoms with Crippen LogP contribution in [0.3, 0.4) is 0 Å². The van der Waals surface area contributed by atoms with Crippen molar-refractivity contribution < 1.29 is 0 Å². The molecule has 6 aromatic rings. The number of thiophene rings is 1. The zero-order chi connectivity index (χ0) is 44.1. The van der Waals surface area contributed by atoms with Crippen LogP contribution in [-0.2, 0) is 10.8 Å². The van der Waals surface area contributed by atoms with Gasteiger partial charge in [-0.3, -0.25) is 0 Å². The molecule has 2 aliphatic rings. The van der Waals surface area contributed by atoms with E-state index >= 15 is 0 Å². The van der Waals surface area contributed by atoms with Crippen molar-refractivity contribution >= 4 is 55.6 Å². The maximum atomic E-state index is 4.30. The van der Waals surface area contributed by atoms with Gasteiger partial charge in [0.15, 0.2) is 0 Å². The summed E-state index contributed by atoms with van der Waals surface area (Å²) in [6.07, 6.45) is 14.0. The van der Waals surface area contributed by atoms with Crippen LogP contribution >= 0.6 is 11.3 Å². The lowest BCUT2D eigenvalue weighted by atomic mass is 9.82. The monoisotopic (exact) mass is 819 g/mol. The van der Waals surface area contributed by atoms with Crippen LogP contribution in [0.15, 0.2) is 158 Å². The first kappa shape index (κ1) is 44.8. The molecule has 2 aliphatic carbocycles. The van der Waals surface area contributed by atoms with E-state index in [9.17, 15) is 0 Å². The Morgan fingerprint density at radius 3 is 1.97 bits per heavy atom. The Kier molecular flexibility index (Phi) is 13.9. The molecule has 0 unspecified atom stereocenters. The highest BCUT2D eigenvalue weighted by atomic mass is 32.1. The Balaban J connectivity index is 0.000000981. The van der Waals surface area contributed by atoms with Crippen molar-refractivity contribution in [1.29, 1.82) is 0 Å². The predicted octanol–water partition coefficient (Wildman–Crippen LogP) is 17.8. The first-order valence-electron chi connectivity index (χ1n) is 22.1. The molecule has 1 aromatic heterocycles. The maximum Gasteiger partial charge on any atom is 0.0433 e. The van der Waals surface area contributed by atoms with Gasteiger partial charge >= 0.3 is 0 Å². The summed E-state index contributed by atoms with van der Waals surface area (Å²) in [4.78, 5) is 3.81. The van der Waals surface area contributed by atoms with Crippen LogP contribution in [0, 0.1) is 0 Å². The Hall–Kier alpha value is -5.70. The molecule has 8 rings (SSSR count). The second kappa shape index (κ2) is 18.9. The number of fused-ring (bicyclic) bond motifs is 5. The summed E-state index contributed by atoms with van der Waals surface area (Å²) in [6.45, 7) is 32.8. The Morgan fingerprint density at radius 2 is 1.30 bits per heavy atom. The van der Waals surface area contributed by atoms with Crippen molar-refractivity contribution in [1.82, 2.24) is 0 Å². The molecule has 0 bridgehead atoms. The van der Waals surface area contributed by atoms with Gasteiger partial charge in [0.1, 0.15) is 0 Å². The molecule has 1 heterocycles. The quantitative estimate of drug-likeness (QED) is 0.0983. The minimum absolute atomic E-state index is 0.0870. The van der Waals surface area contributed by atoms with Gasteiger partial charge in [0.2, 0.25) is 0 Å². The molecule has 0 saturated carbocycles. The Morgan fingerprint density at radius 1 is 0.689 bits per heavy atom. The molecular formula is C59H65NS. The van der Waals surface area contributed by atoms with Crippen LogP contribution < -0.4 is 4.90 Å². The molecule has 0 atom stereocenters. The van der Waals surface area contributed by atoms with Crippen molar-refractivity contribution in [2.75, 3.05) is 11.4 Å².